The van der Waals surface area contributed by atoms with Gasteiger partial charge in [0.05, 0.1) is 11.6 Å². The van der Waals surface area contributed by atoms with Gasteiger partial charge in [-0.15, -0.1) is 0 Å². The average Bonchev–Trinajstić information content (AvgIpc) is 2.73. The largest absolute Gasteiger partial charge is 0.451 e. The van der Waals surface area contributed by atoms with E-state index in [1.807, 2.05) is 36.4 Å². The van der Waals surface area contributed by atoms with Crippen LogP contribution in [0.15, 0.2) is 40.8 Å². The van der Waals surface area contributed by atoms with E-state index < -0.39 is 0 Å². The molecule has 0 atom stereocenters. The van der Waals surface area contributed by atoms with Gasteiger partial charge in [-0.2, -0.15) is 5.26 Å². The number of nitriles is 1. The fourth-order valence-electron chi connectivity index (χ4n) is 1.36. The second kappa shape index (κ2) is 5.69. The van der Waals surface area contributed by atoms with Crippen LogP contribution < -0.4 is 0 Å². The molecule has 0 aliphatic rings. The predicted molar refractivity (Wildman–Crippen MR) is 84.1 cm³/mol. The number of hydrogen-bond acceptors (Lipinski definition) is 2. The van der Waals surface area contributed by atoms with Gasteiger partial charge in [0.25, 0.3) is 0 Å². The van der Waals surface area contributed by atoms with Gasteiger partial charge >= 0.3 is 0 Å². The molecule has 4 heteroatoms. The maximum Gasteiger partial charge on any atom is 0.164 e. The Morgan fingerprint density at radius 1 is 1.12 bits per heavy atom. The van der Waals surface area contributed by atoms with Gasteiger partial charge in [-0.05, 0) is 81.1 Å². The highest BCUT2D eigenvalue weighted by molar-refractivity contribution is 14.1. The molecular weight excluding hydrogens is 440 g/mol. The van der Waals surface area contributed by atoms with Gasteiger partial charge in [-0.3, -0.25) is 0 Å². The summed E-state index contributed by atoms with van der Waals surface area (Å²) in [6.45, 7) is 0. The van der Waals surface area contributed by atoms with Gasteiger partial charge in [0, 0.05) is 3.57 Å². The normalized spacial score (nSPS) is 11.2. The van der Waals surface area contributed by atoms with E-state index in [9.17, 15) is 0 Å². The van der Waals surface area contributed by atoms with E-state index in [4.69, 9.17) is 9.68 Å². The molecule has 1 aromatic heterocycles. The zero-order chi connectivity index (χ0) is 12.3. The minimum Gasteiger partial charge on any atom is -0.451 e. The fraction of sp³-hybridized carbons (Fsp3) is 0. The third-order valence-electron chi connectivity index (χ3n) is 2.16. The number of nitrogens with zero attached hydrogens (tertiary/aromatic N) is 1. The third kappa shape index (κ3) is 3.33. The molecule has 84 valence electrons. The van der Waals surface area contributed by atoms with Crippen molar-refractivity contribution in [2.75, 3.05) is 0 Å². The molecule has 0 spiro atoms. The predicted octanol–water partition coefficient (Wildman–Crippen LogP) is 4.55. The zero-order valence-corrected chi connectivity index (χ0v) is 13.0. The highest BCUT2D eigenvalue weighted by atomic mass is 127. The van der Waals surface area contributed by atoms with Gasteiger partial charge in [-0.1, -0.05) is 12.1 Å². The quantitative estimate of drug-likeness (QED) is 0.501. The molecule has 0 amide bonds. The summed E-state index contributed by atoms with van der Waals surface area (Å²) in [5, 5.41) is 9.15. The Kier molecular flexibility index (Phi) is 4.23. The van der Waals surface area contributed by atoms with Crippen molar-refractivity contribution in [3.8, 4) is 6.07 Å². The first-order valence-corrected chi connectivity index (χ1v) is 6.98. The number of halogens is 2. The van der Waals surface area contributed by atoms with Crippen LogP contribution in [0.5, 0.6) is 0 Å². The molecule has 0 saturated carbocycles. The first kappa shape index (κ1) is 12.6. The lowest BCUT2D eigenvalue weighted by atomic mass is 10.1. The molecule has 0 N–H and O–H groups in total. The molecular formula is C13H7I2NO. The van der Waals surface area contributed by atoms with Crippen LogP contribution in [0.2, 0.25) is 0 Å². The van der Waals surface area contributed by atoms with Gasteiger partial charge in [0.1, 0.15) is 5.76 Å². The Balaban J connectivity index is 2.37. The van der Waals surface area contributed by atoms with Crippen molar-refractivity contribution in [3.63, 3.8) is 0 Å². The fourth-order valence-corrected chi connectivity index (χ4v) is 2.15. The van der Waals surface area contributed by atoms with Crippen LogP contribution in [-0.4, -0.2) is 0 Å². The first-order valence-electron chi connectivity index (χ1n) is 4.82. The van der Waals surface area contributed by atoms with E-state index in [1.165, 1.54) is 0 Å². The van der Waals surface area contributed by atoms with Crippen molar-refractivity contribution in [2.45, 2.75) is 0 Å². The second-order valence-corrected chi connectivity index (χ2v) is 5.63. The van der Waals surface area contributed by atoms with Gasteiger partial charge in [-0.25, -0.2) is 0 Å². The third-order valence-corrected chi connectivity index (χ3v) is 3.46. The number of furan rings is 1. The summed E-state index contributed by atoms with van der Waals surface area (Å²) >= 11 is 4.34. The molecule has 17 heavy (non-hydrogen) atoms. The number of hydrogen-bond donors (Lipinski definition) is 0. The van der Waals surface area contributed by atoms with Gasteiger partial charge in [0.15, 0.2) is 3.77 Å². The average molecular weight is 447 g/mol. The molecule has 0 bridgehead atoms. The second-order valence-electron chi connectivity index (χ2n) is 3.32. The minimum absolute atomic E-state index is 0.604. The lowest BCUT2D eigenvalue weighted by Gasteiger charge is -1.98. The zero-order valence-electron chi connectivity index (χ0n) is 8.65. The standard InChI is InChI=1S/C13H7I2NO/c14-11-3-1-9(2-4-11)10(8-16)7-12-5-6-13(15)17-12/h1-7H/b10-7-. The number of rotatable bonds is 2. The molecule has 1 aromatic carbocycles. The Hall–Kier alpha value is -0.810. The lowest BCUT2D eigenvalue weighted by molar-refractivity contribution is 0.528. The van der Waals surface area contributed by atoms with Crippen molar-refractivity contribution in [1.82, 2.24) is 0 Å². The van der Waals surface area contributed by atoms with E-state index in [0.717, 1.165) is 12.9 Å². The van der Waals surface area contributed by atoms with Crippen LogP contribution in [0.25, 0.3) is 11.6 Å². The topological polar surface area (TPSA) is 36.9 Å². The van der Waals surface area contributed by atoms with E-state index >= 15 is 0 Å². The summed E-state index contributed by atoms with van der Waals surface area (Å²) in [4.78, 5) is 0. The highest BCUT2D eigenvalue weighted by Gasteiger charge is 2.03. The molecule has 2 aromatic rings. The molecule has 2 nitrogen and oxygen atoms in total. The molecule has 0 saturated heterocycles. The molecule has 0 aliphatic carbocycles. The van der Waals surface area contributed by atoms with E-state index in [-0.39, 0.29) is 0 Å². The van der Waals surface area contributed by atoms with Crippen LogP contribution >= 0.6 is 45.2 Å². The summed E-state index contributed by atoms with van der Waals surface area (Å²) in [5.41, 5.74) is 1.51. The van der Waals surface area contributed by atoms with Crippen molar-refractivity contribution < 1.29 is 4.42 Å². The first-order chi connectivity index (χ1) is 8.19. The molecule has 0 radical (unpaired) electrons. The smallest absolute Gasteiger partial charge is 0.164 e. The van der Waals surface area contributed by atoms with E-state index in [1.54, 1.807) is 6.08 Å². The van der Waals surface area contributed by atoms with Crippen molar-refractivity contribution >= 4 is 56.8 Å². The van der Waals surface area contributed by atoms with Crippen LogP contribution in [-0.2, 0) is 0 Å². The number of allylic oxidation sites excluding steroid dienone is 1. The summed E-state index contributed by atoms with van der Waals surface area (Å²) < 4.78 is 7.38. The van der Waals surface area contributed by atoms with E-state index in [0.29, 0.717) is 11.3 Å². The number of benzene rings is 1. The monoisotopic (exact) mass is 447 g/mol. The van der Waals surface area contributed by atoms with Crippen LogP contribution in [0.1, 0.15) is 11.3 Å². The molecule has 0 unspecified atom stereocenters. The summed E-state index contributed by atoms with van der Waals surface area (Å²) in [6.07, 6.45) is 1.75. The van der Waals surface area contributed by atoms with Gasteiger partial charge < -0.3 is 4.42 Å². The van der Waals surface area contributed by atoms with Crippen molar-refractivity contribution in [3.05, 3.63) is 55.1 Å². The van der Waals surface area contributed by atoms with Crippen LogP contribution in [0.4, 0.5) is 0 Å². The Bertz CT molecular complexity index is 591. The van der Waals surface area contributed by atoms with Crippen LogP contribution in [0, 0.1) is 18.7 Å². The van der Waals surface area contributed by atoms with Gasteiger partial charge in [0.2, 0.25) is 0 Å². The molecule has 0 fully saturated rings. The maximum absolute atomic E-state index is 9.15. The summed E-state index contributed by atoms with van der Waals surface area (Å²) in [5.74, 6) is 0.699. The Morgan fingerprint density at radius 2 is 1.82 bits per heavy atom. The van der Waals surface area contributed by atoms with Crippen LogP contribution in [0.3, 0.4) is 0 Å². The van der Waals surface area contributed by atoms with Crippen molar-refractivity contribution in [1.29, 1.82) is 5.26 Å². The molecule has 2 rings (SSSR count). The lowest BCUT2D eigenvalue weighted by Crippen LogP contribution is -1.81. The summed E-state index contributed by atoms with van der Waals surface area (Å²) in [7, 11) is 0. The Morgan fingerprint density at radius 3 is 2.35 bits per heavy atom. The minimum atomic E-state index is 0.604. The molecule has 1 heterocycles. The summed E-state index contributed by atoms with van der Waals surface area (Å²) in [6, 6.07) is 13.7. The van der Waals surface area contributed by atoms with Crippen molar-refractivity contribution in [2.24, 2.45) is 0 Å². The maximum atomic E-state index is 9.15. The Labute approximate surface area is 127 Å². The van der Waals surface area contributed by atoms with E-state index in [2.05, 4.69) is 51.3 Å². The SMILES string of the molecule is N#C/C(=C/c1ccc(I)o1)c1ccc(I)cc1. The highest BCUT2D eigenvalue weighted by Crippen LogP contribution is 2.20. The molecule has 0 aliphatic heterocycles.